The maximum absolute atomic E-state index is 12.2. The molecule has 4 nitrogen and oxygen atoms in total. The quantitative estimate of drug-likeness (QED) is 0.572. The molecule has 0 spiro atoms. The van der Waals surface area contributed by atoms with Crippen molar-refractivity contribution in [1.82, 2.24) is 9.38 Å². The van der Waals surface area contributed by atoms with Gasteiger partial charge >= 0.3 is 0 Å². The maximum Gasteiger partial charge on any atom is 0.266 e. The van der Waals surface area contributed by atoms with E-state index in [1.807, 2.05) is 19.1 Å². The molecule has 0 aromatic carbocycles. The molecule has 84 valence electrons. The number of nitriles is 1. The van der Waals surface area contributed by atoms with Gasteiger partial charge in [-0.15, -0.1) is 0 Å². The van der Waals surface area contributed by atoms with E-state index >= 15 is 0 Å². The number of hydrogen-bond acceptors (Lipinski definition) is 3. The van der Waals surface area contributed by atoms with E-state index in [-0.39, 0.29) is 16.3 Å². The van der Waals surface area contributed by atoms with E-state index in [1.54, 1.807) is 12.1 Å². The number of nitrogens with zero attached hydrogens (tertiary/aromatic N) is 3. The molecule has 0 saturated carbocycles. The lowest BCUT2D eigenvalue weighted by molar-refractivity contribution is 0.985. The zero-order valence-corrected chi connectivity index (χ0v) is 9.77. The van der Waals surface area contributed by atoms with Crippen molar-refractivity contribution in [3.63, 3.8) is 0 Å². The van der Waals surface area contributed by atoms with Gasteiger partial charge in [0.1, 0.15) is 10.8 Å². The van der Waals surface area contributed by atoms with Crippen LogP contribution in [0.25, 0.3) is 11.7 Å². The smallest absolute Gasteiger partial charge is 0.266 e. The molecule has 0 N–H and O–H groups in total. The number of allylic oxidation sites excluding steroid dienone is 1. The van der Waals surface area contributed by atoms with E-state index in [1.165, 1.54) is 16.6 Å². The van der Waals surface area contributed by atoms with Gasteiger partial charge in [-0.05, 0) is 25.1 Å². The van der Waals surface area contributed by atoms with E-state index in [2.05, 4.69) is 4.98 Å². The predicted octanol–water partition coefficient (Wildman–Crippen LogP) is 2.19. The molecule has 2 heterocycles. The van der Waals surface area contributed by atoms with Gasteiger partial charge in [0.05, 0.1) is 11.6 Å². The predicted molar refractivity (Wildman–Crippen MR) is 65.9 cm³/mol. The highest BCUT2D eigenvalue weighted by molar-refractivity contribution is 6.31. The Bertz CT molecular complexity index is 710. The van der Waals surface area contributed by atoms with Gasteiger partial charge in [-0.1, -0.05) is 17.7 Å². The van der Waals surface area contributed by atoms with Crippen molar-refractivity contribution in [3.8, 4) is 6.07 Å². The van der Waals surface area contributed by atoms with E-state index in [4.69, 9.17) is 16.9 Å². The first kappa shape index (κ1) is 11.4. The van der Waals surface area contributed by atoms with Crippen LogP contribution in [0, 0.1) is 18.3 Å². The lowest BCUT2D eigenvalue weighted by atomic mass is 10.3. The second kappa shape index (κ2) is 4.40. The Morgan fingerprint density at radius 1 is 1.53 bits per heavy atom. The molecule has 0 aliphatic rings. The maximum atomic E-state index is 12.2. The van der Waals surface area contributed by atoms with Crippen LogP contribution in [0.2, 0.25) is 5.15 Å². The average molecular weight is 246 g/mol. The second-order valence-electron chi connectivity index (χ2n) is 3.44. The first-order valence-electron chi connectivity index (χ1n) is 4.89. The van der Waals surface area contributed by atoms with Gasteiger partial charge in [0.25, 0.3) is 5.56 Å². The van der Waals surface area contributed by atoms with Crippen molar-refractivity contribution < 1.29 is 0 Å². The molecule has 2 aromatic heterocycles. The van der Waals surface area contributed by atoms with Gasteiger partial charge in [0.15, 0.2) is 0 Å². The minimum atomic E-state index is -0.274. The lowest BCUT2D eigenvalue weighted by Crippen LogP contribution is -2.20. The van der Waals surface area contributed by atoms with Crippen molar-refractivity contribution in [2.45, 2.75) is 6.92 Å². The van der Waals surface area contributed by atoms with Gasteiger partial charge < -0.3 is 0 Å². The summed E-state index contributed by atoms with van der Waals surface area (Å²) >= 11 is 5.91. The molecule has 17 heavy (non-hydrogen) atoms. The van der Waals surface area contributed by atoms with Crippen molar-refractivity contribution in [3.05, 3.63) is 51.0 Å². The molecule has 2 aromatic rings. The van der Waals surface area contributed by atoms with E-state index in [0.29, 0.717) is 5.65 Å². The van der Waals surface area contributed by atoms with Crippen LogP contribution in [0.3, 0.4) is 0 Å². The Morgan fingerprint density at radius 2 is 2.29 bits per heavy atom. The third-order valence-corrected chi connectivity index (χ3v) is 2.65. The van der Waals surface area contributed by atoms with Gasteiger partial charge in [-0.3, -0.25) is 9.20 Å². The van der Waals surface area contributed by atoms with Crippen molar-refractivity contribution >= 4 is 23.3 Å². The van der Waals surface area contributed by atoms with Gasteiger partial charge in [0.2, 0.25) is 0 Å². The third kappa shape index (κ3) is 1.93. The van der Waals surface area contributed by atoms with E-state index in [0.717, 1.165) is 5.69 Å². The van der Waals surface area contributed by atoms with E-state index in [9.17, 15) is 4.79 Å². The molecular formula is C12H8ClN3O. The number of fused-ring (bicyclic) bond motifs is 1. The topological polar surface area (TPSA) is 58.2 Å². The molecule has 0 fully saturated rings. The minimum absolute atomic E-state index is 0.104. The summed E-state index contributed by atoms with van der Waals surface area (Å²) in [7, 11) is 0. The molecule has 0 unspecified atom stereocenters. The molecule has 0 atom stereocenters. The lowest BCUT2D eigenvalue weighted by Gasteiger charge is -2.06. The molecule has 0 saturated heterocycles. The van der Waals surface area contributed by atoms with Crippen molar-refractivity contribution in [1.29, 1.82) is 5.26 Å². The third-order valence-electron chi connectivity index (χ3n) is 2.36. The summed E-state index contributed by atoms with van der Waals surface area (Å²) < 4.78 is 1.46. The summed E-state index contributed by atoms with van der Waals surface area (Å²) in [5, 5.41) is 8.57. The van der Waals surface area contributed by atoms with Crippen LogP contribution in [0.5, 0.6) is 0 Å². The fourth-order valence-electron chi connectivity index (χ4n) is 1.58. The van der Waals surface area contributed by atoms with Crippen LogP contribution in [-0.2, 0) is 0 Å². The minimum Gasteiger partial charge on any atom is -0.268 e. The molecule has 5 heteroatoms. The molecule has 0 aliphatic heterocycles. The summed E-state index contributed by atoms with van der Waals surface area (Å²) in [4.78, 5) is 16.3. The Labute approximate surface area is 102 Å². The largest absolute Gasteiger partial charge is 0.268 e. The first-order valence-corrected chi connectivity index (χ1v) is 5.27. The molecule has 0 bridgehead atoms. The summed E-state index contributed by atoms with van der Waals surface area (Å²) in [5.74, 6) is 0. The number of aryl methyl sites for hydroxylation is 1. The summed E-state index contributed by atoms with van der Waals surface area (Å²) in [6.45, 7) is 1.81. The fourth-order valence-corrected chi connectivity index (χ4v) is 1.82. The SMILES string of the molecule is Cc1cccc2nc(Cl)c(/C=C/C#N)c(=O)n12. The van der Waals surface area contributed by atoms with Crippen LogP contribution in [-0.4, -0.2) is 9.38 Å². The highest BCUT2D eigenvalue weighted by Crippen LogP contribution is 2.13. The summed E-state index contributed by atoms with van der Waals surface area (Å²) in [5.41, 5.74) is 1.21. The van der Waals surface area contributed by atoms with Crippen LogP contribution >= 0.6 is 11.6 Å². The second-order valence-corrected chi connectivity index (χ2v) is 3.80. The average Bonchev–Trinajstić information content (AvgIpc) is 2.28. The summed E-state index contributed by atoms with van der Waals surface area (Å²) in [6, 6.07) is 7.14. The molecular weight excluding hydrogens is 238 g/mol. The first-order chi connectivity index (χ1) is 8.15. The summed E-state index contributed by atoms with van der Waals surface area (Å²) in [6.07, 6.45) is 2.57. The van der Waals surface area contributed by atoms with Crippen LogP contribution in [0.4, 0.5) is 0 Å². The monoisotopic (exact) mass is 245 g/mol. The Hall–Kier alpha value is -2.12. The van der Waals surface area contributed by atoms with Crippen LogP contribution in [0.1, 0.15) is 11.3 Å². The van der Waals surface area contributed by atoms with Crippen molar-refractivity contribution in [2.24, 2.45) is 0 Å². The Morgan fingerprint density at radius 3 is 3.00 bits per heavy atom. The molecule has 0 amide bonds. The van der Waals surface area contributed by atoms with E-state index < -0.39 is 0 Å². The zero-order chi connectivity index (χ0) is 12.4. The molecule has 2 rings (SSSR count). The number of pyridine rings is 1. The van der Waals surface area contributed by atoms with Crippen LogP contribution in [0.15, 0.2) is 29.1 Å². The number of hydrogen-bond donors (Lipinski definition) is 0. The highest BCUT2D eigenvalue weighted by Gasteiger charge is 2.09. The Kier molecular flexibility index (Phi) is 2.94. The fraction of sp³-hybridized carbons (Fsp3) is 0.0833. The van der Waals surface area contributed by atoms with Gasteiger partial charge in [0, 0.05) is 11.8 Å². The van der Waals surface area contributed by atoms with Crippen molar-refractivity contribution in [2.75, 3.05) is 0 Å². The zero-order valence-electron chi connectivity index (χ0n) is 9.01. The Balaban J connectivity index is 2.89. The normalized spacial score (nSPS) is 10.9. The number of aromatic nitrogens is 2. The number of rotatable bonds is 1. The van der Waals surface area contributed by atoms with Gasteiger partial charge in [-0.25, -0.2) is 4.98 Å². The number of halogens is 1. The highest BCUT2D eigenvalue weighted by atomic mass is 35.5. The standard InChI is InChI=1S/C12H8ClN3O/c1-8-4-2-6-10-15-11(13)9(5-3-7-14)12(17)16(8)10/h2-6H,1H3/b5-3+. The van der Waals surface area contributed by atoms with Gasteiger partial charge in [-0.2, -0.15) is 5.26 Å². The van der Waals surface area contributed by atoms with Crippen LogP contribution < -0.4 is 5.56 Å². The molecule has 0 aliphatic carbocycles. The molecule has 0 radical (unpaired) electrons.